The van der Waals surface area contributed by atoms with Crippen LogP contribution < -0.4 is 5.32 Å². The van der Waals surface area contributed by atoms with E-state index >= 15 is 0 Å². The van der Waals surface area contributed by atoms with Crippen molar-refractivity contribution >= 4 is 11.6 Å². The summed E-state index contributed by atoms with van der Waals surface area (Å²) >= 11 is 6.08. The third-order valence-corrected chi connectivity index (χ3v) is 3.58. The van der Waals surface area contributed by atoms with Gasteiger partial charge in [-0.3, -0.25) is 0 Å². The normalized spacial score (nSPS) is 13.1. The van der Waals surface area contributed by atoms with Crippen LogP contribution in [-0.2, 0) is 6.54 Å². The van der Waals surface area contributed by atoms with Gasteiger partial charge >= 0.3 is 0 Å². The average Bonchev–Trinajstić information content (AvgIpc) is 2.23. The summed E-state index contributed by atoms with van der Waals surface area (Å²) in [5, 5.41) is 4.33. The van der Waals surface area contributed by atoms with Crippen LogP contribution >= 0.6 is 11.6 Å². The second-order valence-electron chi connectivity index (χ2n) is 4.94. The van der Waals surface area contributed by atoms with E-state index in [4.69, 9.17) is 11.6 Å². The first-order valence-electron chi connectivity index (χ1n) is 5.96. The standard InChI is InChI=1S/C14H22ClN/c1-10(2)12(4)8-16-9-13-6-5-11(3)14(15)7-13/h5-7,10,12,16H,8-9H2,1-4H3. The molecule has 0 aliphatic heterocycles. The van der Waals surface area contributed by atoms with Crippen molar-refractivity contribution < 1.29 is 0 Å². The highest BCUT2D eigenvalue weighted by atomic mass is 35.5. The zero-order valence-electron chi connectivity index (χ0n) is 10.7. The lowest BCUT2D eigenvalue weighted by Crippen LogP contribution is -2.23. The zero-order valence-corrected chi connectivity index (χ0v) is 11.4. The lowest BCUT2D eigenvalue weighted by Gasteiger charge is -2.16. The van der Waals surface area contributed by atoms with Gasteiger partial charge in [-0.2, -0.15) is 0 Å². The summed E-state index contributed by atoms with van der Waals surface area (Å²) in [5.41, 5.74) is 2.40. The predicted octanol–water partition coefficient (Wildman–Crippen LogP) is 4.03. The highest BCUT2D eigenvalue weighted by Crippen LogP contribution is 2.16. The first kappa shape index (κ1) is 13.5. The first-order valence-corrected chi connectivity index (χ1v) is 6.34. The molecule has 0 saturated carbocycles. The Morgan fingerprint density at radius 1 is 1.25 bits per heavy atom. The van der Waals surface area contributed by atoms with Crippen LogP contribution in [0.1, 0.15) is 31.9 Å². The maximum absolute atomic E-state index is 6.08. The minimum atomic E-state index is 0.709. The van der Waals surface area contributed by atoms with Gasteiger partial charge in [-0.25, -0.2) is 0 Å². The first-order chi connectivity index (χ1) is 7.50. The van der Waals surface area contributed by atoms with Crippen LogP contribution in [0, 0.1) is 18.8 Å². The molecule has 1 rings (SSSR count). The van der Waals surface area contributed by atoms with Gasteiger partial charge in [0.15, 0.2) is 0 Å². The second-order valence-corrected chi connectivity index (χ2v) is 5.34. The molecule has 16 heavy (non-hydrogen) atoms. The van der Waals surface area contributed by atoms with Crippen molar-refractivity contribution in [2.75, 3.05) is 6.54 Å². The van der Waals surface area contributed by atoms with Crippen LogP contribution in [0.4, 0.5) is 0 Å². The number of aryl methyl sites for hydroxylation is 1. The summed E-state index contributed by atoms with van der Waals surface area (Å²) in [6.07, 6.45) is 0. The molecule has 0 radical (unpaired) electrons. The van der Waals surface area contributed by atoms with Gasteiger partial charge in [0.25, 0.3) is 0 Å². The molecular weight excluding hydrogens is 218 g/mol. The quantitative estimate of drug-likeness (QED) is 0.818. The number of benzene rings is 1. The van der Waals surface area contributed by atoms with Gasteiger partial charge in [0.1, 0.15) is 0 Å². The van der Waals surface area contributed by atoms with Gasteiger partial charge in [-0.05, 0) is 42.5 Å². The van der Waals surface area contributed by atoms with E-state index < -0.39 is 0 Å². The average molecular weight is 240 g/mol. The molecule has 1 aromatic carbocycles. The molecule has 1 atom stereocenters. The fourth-order valence-corrected chi connectivity index (χ4v) is 1.63. The Labute approximate surface area is 104 Å². The van der Waals surface area contributed by atoms with E-state index in [1.807, 2.05) is 13.0 Å². The van der Waals surface area contributed by atoms with E-state index in [0.717, 1.165) is 29.6 Å². The zero-order chi connectivity index (χ0) is 12.1. The minimum Gasteiger partial charge on any atom is -0.312 e. The van der Waals surface area contributed by atoms with E-state index in [1.165, 1.54) is 5.56 Å². The molecule has 0 spiro atoms. The Kier molecular flexibility index (Phi) is 5.30. The van der Waals surface area contributed by atoms with E-state index in [2.05, 4.69) is 38.2 Å². The van der Waals surface area contributed by atoms with Crippen LogP contribution in [0.5, 0.6) is 0 Å². The van der Waals surface area contributed by atoms with Crippen molar-refractivity contribution in [1.29, 1.82) is 0 Å². The SMILES string of the molecule is Cc1ccc(CNCC(C)C(C)C)cc1Cl. The Morgan fingerprint density at radius 3 is 2.50 bits per heavy atom. The maximum atomic E-state index is 6.08. The molecular formula is C14H22ClN. The van der Waals surface area contributed by atoms with Crippen LogP contribution in [0.15, 0.2) is 18.2 Å². The number of rotatable bonds is 5. The Hall–Kier alpha value is -0.530. The largest absolute Gasteiger partial charge is 0.312 e. The van der Waals surface area contributed by atoms with Crippen molar-refractivity contribution in [1.82, 2.24) is 5.32 Å². The van der Waals surface area contributed by atoms with Crippen molar-refractivity contribution in [3.05, 3.63) is 34.3 Å². The number of hydrogen-bond acceptors (Lipinski definition) is 1. The highest BCUT2D eigenvalue weighted by molar-refractivity contribution is 6.31. The van der Waals surface area contributed by atoms with Gasteiger partial charge in [-0.15, -0.1) is 0 Å². The van der Waals surface area contributed by atoms with Gasteiger partial charge in [0.2, 0.25) is 0 Å². The van der Waals surface area contributed by atoms with Gasteiger partial charge in [-0.1, -0.05) is 44.5 Å². The third kappa shape index (κ3) is 4.15. The van der Waals surface area contributed by atoms with Crippen molar-refractivity contribution in [2.24, 2.45) is 11.8 Å². The van der Waals surface area contributed by atoms with E-state index in [-0.39, 0.29) is 0 Å². The van der Waals surface area contributed by atoms with E-state index in [1.54, 1.807) is 0 Å². The summed E-state index contributed by atoms with van der Waals surface area (Å²) in [6, 6.07) is 6.25. The fraction of sp³-hybridized carbons (Fsp3) is 0.571. The monoisotopic (exact) mass is 239 g/mol. The topological polar surface area (TPSA) is 12.0 Å². The number of nitrogens with one attached hydrogen (secondary N) is 1. The number of halogens is 1. The summed E-state index contributed by atoms with van der Waals surface area (Å²) < 4.78 is 0. The summed E-state index contributed by atoms with van der Waals surface area (Å²) in [4.78, 5) is 0. The molecule has 0 heterocycles. The molecule has 0 aromatic heterocycles. The smallest absolute Gasteiger partial charge is 0.0438 e. The molecule has 1 unspecified atom stereocenters. The van der Waals surface area contributed by atoms with Gasteiger partial charge in [0, 0.05) is 11.6 Å². The molecule has 2 heteroatoms. The molecule has 0 saturated heterocycles. The molecule has 1 aromatic rings. The predicted molar refractivity (Wildman–Crippen MR) is 71.9 cm³/mol. The lowest BCUT2D eigenvalue weighted by atomic mass is 9.98. The van der Waals surface area contributed by atoms with E-state index in [9.17, 15) is 0 Å². The van der Waals surface area contributed by atoms with Crippen molar-refractivity contribution in [2.45, 2.75) is 34.2 Å². The second kappa shape index (κ2) is 6.27. The molecule has 0 bridgehead atoms. The summed E-state index contributed by atoms with van der Waals surface area (Å²) in [7, 11) is 0. The molecule has 0 aliphatic rings. The summed E-state index contributed by atoms with van der Waals surface area (Å²) in [5.74, 6) is 1.44. The van der Waals surface area contributed by atoms with Gasteiger partial charge < -0.3 is 5.32 Å². The molecule has 0 aliphatic carbocycles. The van der Waals surface area contributed by atoms with Crippen LogP contribution in [0.3, 0.4) is 0 Å². The third-order valence-electron chi connectivity index (χ3n) is 3.17. The van der Waals surface area contributed by atoms with E-state index in [0.29, 0.717) is 5.92 Å². The van der Waals surface area contributed by atoms with Crippen LogP contribution in [-0.4, -0.2) is 6.54 Å². The molecule has 0 fully saturated rings. The molecule has 1 nitrogen and oxygen atoms in total. The molecule has 1 N–H and O–H groups in total. The Balaban J connectivity index is 2.40. The Bertz CT molecular complexity index is 334. The Morgan fingerprint density at radius 2 is 1.94 bits per heavy atom. The number of hydrogen-bond donors (Lipinski definition) is 1. The molecule has 0 amide bonds. The summed E-state index contributed by atoms with van der Waals surface area (Å²) in [6.45, 7) is 10.8. The maximum Gasteiger partial charge on any atom is 0.0438 e. The van der Waals surface area contributed by atoms with Crippen LogP contribution in [0.2, 0.25) is 5.02 Å². The van der Waals surface area contributed by atoms with Crippen molar-refractivity contribution in [3.8, 4) is 0 Å². The molecule has 90 valence electrons. The van der Waals surface area contributed by atoms with Gasteiger partial charge in [0.05, 0.1) is 0 Å². The fourth-order valence-electron chi connectivity index (χ4n) is 1.43. The van der Waals surface area contributed by atoms with Crippen LogP contribution in [0.25, 0.3) is 0 Å². The minimum absolute atomic E-state index is 0.709. The highest BCUT2D eigenvalue weighted by Gasteiger charge is 2.06. The van der Waals surface area contributed by atoms with Crippen molar-refractivity contribution in [3.63, 3.8) is 0 Å². The lowest BCUT2D eigenvalue weighted by molar-refractivity contribution is 0.392.